The predicted octanol–water partition coefficient (Wildman–Crippen LogP) is 4.09. The Morgan fingerprint density at radius 1 is 0.976 bits per heavy atom. The number of methoxy groups -OCH3 is 2. The maximum Gasteiger partial charge on any atom is 0.351 e. The van der Waals surface area contributed by atoms with Gasteiger partial charge in [-0.3, -0.25) is 4.57 Å². The fraction of sp³-hybridized carbons (Fsp3) is 0.267. The molecule has 0 saturated carbocycles. The maximum atomic E-state index is 14.5. The van der Waals surface area contributed by atoms with Crippen LogP contribution >= 0.6 is 0 Å². The summed E-state index contributed by atoms with van der Waals surface area (Å²) >= 11 is 0. The number of aliphatic hydroxyl groups excluding tert-OH is 2. The first-order chi connectivity index (χ1) is 19.8. The van der Waals surface area contributed by atoms with Gasteiger partial charge in [-0.2, -0.15) is 13.8 Å². The first-order valence-electron chi connectivity index (χ1n) is 12.8. The van der Waals surface area contributed by atoms with E-state index in [1.165, 1.54) is 6.07 Å². The van der Waals surface area contributed by atoms with Gasteiger partial charge in [0.1, 0.15) is 23.4 Å². The lowest BCUT2D eigenvalue weighted by Crippen LogP contribution is -2.41. The van der Waals surface area contributed by atoms with E-state index in [0.29, 0.717) is 4.57 Å². The summed E-state index contributed by atoms with van der Waals surface area (Å²) in [6.07, 6.45) is -4.74. The van der Waals surface area contributed by atoms with E-state index in [0.717, 1.165) is 45.5 Å². The van der Waals surface area contributed by atoms with Crippen LogP contribution in [0, 0.1) is 0 Å². The average Bonchev–Trinajstić information content (AvgIpc) is 3.23. The molecule has 3 N–H and O–H groups in total. The second kappa shape index (κ2) is 11.7. The van der Waals surface area contributed by atoms with Crippen LogP contribution < -0.4 is 20.5 Å². The quantitative estimate of drug-likeness (QED) is 0.278. The summed E-state index contributed by atoms with van der Waals surface area (Å²) < 4.78 is 45.4. The van der Waals surface area contributed by atoms with Gasteiger partial charge in [0.25, 0.3) is 0 Å². The molecule has 214 valence electrons. The smallest absolute Gasteiger partial charge is 0.351 e. The summed E-state index contributed by atoms with van der Waals surface area (Å²) in [6, 6.07) is 22.6. The molecule has 1 fully saturated rings. The number of alkyl halides is 2. The molecule has 9 nitrogen and oxygen atoms in total. The van der Waals surface area contributed by atoms with Gasteiger partial charge in [-0.25, -0.2) is 4.79 Å². The monoisotopic (exact) mass is 565 g/mol. The number of aliphatic hydroxyl groups is 2. The maximum absolute atomic E-state index is 14.5. The summed E-state index contributed by atoms with van der Waals surface area (Å²) in [6.45, 7) is -0.551. The molecule has 1 saturated heterocycles. The molecule has 0 amide bonds. The van der Waals surface area contributed by atoms with Crippen molar-refractivity contribution >= 4 is 5.82 Å². The van der Waals surface area contributed by atoms with E-state index in [4.69, 9.17) is 14.2 Å². The Kier molecular flexibility index (Phi) is 8.02. The van der Waals surface area contributed by atoms with Crippen LogP contribution in [0.1, 0.15) is 11.8 Å². The zero-order valence-corrected chi connectivity index (χ0v) is 22.3. The number of anilines is 1. The molecule has 3 aromatic carbocycles. The third-order valence-electron chi connectivity index (χ3n) is 7.03. The van der Waals surface area contributed by atoms with Crippen LogP contribution in [-0.2, 0) is 11.3 Å². The molecule has 3 atom stereocenters. The van der Waals surface area contributed by atoms with Gasteiger partial charge in [-0.1, -0.05) is 42.5 Å². The highest BCUT2D eigenvalue weighted by molar-refractivity contribution is 5.86. The van der Waals surface area contributed by atoms with E-state index < -0.39 is 36.7 Å². The third kappa shape index (κ3) is 5.51. The highest BCUT2D eigenvalue weighted by atomic mass is 19.3. The Morgan fingerprint density at radius 3 is 2.17 bits per heavy atom. The molecule has 1 aliphatic rings. The summed E-state index contributed by atoms with van der Waals surface area (Å²) in [5, 5.41) is 22.1. The van der Waals surface area contributed by atoms with Gasteiger partial charge >= 0.3 is 11.6 Å². The normalized spacial score (nSPS) is 19.6. The summed E-state index contributed by atoms with van der Waals surface area (Å²) in [4.78, 5) is 16.6. The van der Waals surface area contributed by atoms with Gasteiger partial charge in [0.15, 0.2) is 6.10 Å². The van der Waals surface area contributed by atoms with Gasteiger partial charge in [0.2, 0.25) is 6.23 Å². The second-order valence-electron chi connectivity index (χ2n) is 9.48. The number of halogens is 2. The van der Waals surface area contributed by atoms with Crippen LogP contribution in [0.15, 0.2) is 83.8 Å². The Bertz CT molecular complexity index is 1560. The van der Waals surface area contributed by atoms with E-state index in [1.54, 1.807) is 14.2 Å². The molecule has 1 aromatic heterocycles. The minimum Gasteiger partial charge on any atom is -0.497 e. The molecule has 0 unspecified atom stereocenters. The van der Waals surface area contributed by atoms with Crippen LogP contribution in [-0.4, -0.2) is 58.7 Å². The number of nitrogens with one attached hydrogen (secondary N) is 1. The van der Waals surface area contributed by atoms with E-state index >= 15 is 0 Å². The van der Waals surface area contributed by atoms with Crippen molar-refractivity contribution in [2.75, 3.05) is 26.1 Å². The lowest BCUT2D eigenvalue weighted by Gasteiger charge is -2.21. The molecule has 4 aromatic rings. The average molecular weight is 566 g/mol. The van der Waals surface area contributed by atoms with E-state index in [1.807, 2.05) is 66.7 Å². The molecule has 2 heterocycles. The number of ether oxygens (including phenoxy) is 3. The molecular formula is C30H29F2N3O6. The number of benzene rings is 3. The van der Waals surface area contributed by atoms with Crippen LogP contribution in [0.5, 0.6) is 11.5 Å². The van der Waals surface area contributed by atoms with Crippen molar-refractivity contribution < 1.29 is 33.2 Å². The number of aromatic nitrogens is 2. The van der Waals surface area contributed by atoms with Gasteiger partial charge in [0.05, 0.1) is 20.8 Å². The lowest BCUT2D eigenvalue weighted by molar-refractivity contribution is -0.140. The summed E-state index contributed by atoms with van der Waals surface area (Å²) in [5.41, 5.74) is 3.74. The van der Waals surface area contributed by atoms with Crippen LogP contribution in [0.3, 0.4) is 0 Å². The second-order valence-corrected chi connectivity index (χ2v) is 9.48. The standard InChI is InChI=1S/C30H29F2N3O6/c1-39-21-10-6-18(7-11-21)23-5-3-4-20(26(23)19-8-12-22(40-2)13-9-19)16-33-25-14-15-35(29(38)34-25)28-30(31,32)27(37)24(17-36)41-28/h3-15,24,27-28,36-37H,16-17H2,1-2H3,(H,33,34,38)/t24-,27-,28-/m1/s1. The van der Waals surface area contributed by atoms with E-state index in [9.17, 15) is 23.8 Å². The van der Waals surface area contributed by atoms with Crippen LogP contribution in [0.2, 0.25) is 0 Å². The van der Waals surface area contributed by atoms with Crippen molar-refractivity contribution in [1.82, 2.24) is 9.55 Å². The third-order valence-corrected chi connectivity index (χ3v) is 7.03. The zero-order valence-electron chi connectivity index (χ0n) is 22.3. The number of rotatable bonds is 9. The zero-order chi connectivity index (χ0) is 29.1. The molecule has 11 heteroatoms. The van der Waals surface area contributed by atoms with Gasteiger partial charge in [-0.15, -0.1) is 0 Å². The topological polar surface area (TPSA) is 115 Å². The number of hydrogen-bond acceptors (Lipinski definition) is 8. The molecule has 0 spiro atoms. The van der Waals surface area contributed by atoms with Crippen LogP contribution in [0.25, 0.3) is 22.3 Å². The minimum atomic E-state index is -3.79. The van der Waals surface area contributed by atoms with E-state index in [2.05, 4.69) is 10.3 Å². The Hall–Kier alpha value is -4.32. The Morgan fingerprint density at radius 2 is 1.61 bits per heavy atom. The fourth-order valence-corrected chi connectivity index (χ4v) is 4.85. The first kappa shape index (κ1) is 28.2. The van der Waals surface area contributed by atoms with Crippen LogP contribution in [0.4, 0.5) is 14.6 Å². The van der Waals surface area contributed by atoms with Gasteiger partial charge in [0, 0.05) is 12.7 Å². The molecule has 41 heavy (non-hydrogen) atoms. The van der Waals surface area contributed by atoms with E-state index in [-0.39, 0.29) is 12.4 Å². The highest BCUT2D eigenvalue weighted by Crippen LogP contribution is 2.42. The Labute approximate surface area is 234 Å². The summed E-state index contributed by atoms with van der Waals surface area (Å²) in [7, 11) is 3.21. The number of nitrogens with zero attached hydrogens (tertiary/aromatic N) is 2. The van der Waals surface area contributed by atoms with Crippen molar-refractivity contribution in [2.24, 2.45) is 0 Å². The largest absolute Gasteiger partial charge is 0.497 e. The predicted molar refractivity (Wildman–Crippen MR) is 148 cm³/mol. The van der Waals surface area contributed by atoms with Gasteiger partial charge < -0.3 is 29.7 Å². The highest BCUT2D eigenvalue weighted by Gasteiger charge is 2.59. The Balaban J connectivity index is 1.45. The molecule has 0 aliphatic carbocycles. The van der Waals surface area contributed by atoms with Crippen molar-refractivity contribution in [3.05, 3.63) is 95.0 Å². The molecule has 0 bridgehead atoms. The minimum absolute atomic E-state index is 0.169. The van der Waals surface area contributed by atoms with Crippen molar-refractivity contribution in [3.63, 3.8) is 0 Å². The molecule has 5 rings (SSSR count). The molecule has 1 aliphatic heterocycles. The molecular weight excluding hydrogens is 536 g/mol. The van der Waals surface area contributed by atoms with Crippen molar-refractivity contribution in [2.45, 2.75) is 30.9 Å². The SMILES string of the molecule is COc1ccc(-c2cccc(CNc3ccn([C@@H]4O[C@H](CO)[C@@H](O)C4(F)F)c(=O)n3)c2-c2ccc(OC)cc2)cc1. The lowest BCUT2D eigenvalue weighted by atomic mass is 9.90. The summed E-state index contributed by atoms with van der Waals surface area (Å²) in [5.74, 6) is -2.17. The van der Waals surface area contributed by atoms with Crippen molar-refractivity contribution in [3.8, 4) is 33.8 Å². The fourth-order valence-electron chi connectivity index (χ4n) is 4.85. The number of hydrogen-bond donors (Lipinski definition) is 3. The first-order valence-corrected chi connectivity index (χ1v) is 12.8. The van der Waals surface area contributed by atoms with Gasteiger partial charge in [-0.05, 0) is 58.1 Å². The molecule has 0 radical (unpaired) electrons. The van der Waals surface area contributed by atoms with Crippen molar-refractivity contribution in [1.29, 1.82) is 0 Å².